The molecule has 0 atom stereocenters. The van der Waals surface area contributed by atoms with Crippen molar-refractivity contribution in [2.45, 2.75) is 31.6 Å². The molecule has 1 aliphatic rings. The Morgan fingerprint density at radius 1 is 1.13 bits per heavy atom. The summed E-state index contributed by atoms with van der Waals surface area (Å²) in [7, 11) is 1.68. The van der Waals surface area contributed by atoms with Crippen molar-refractivity contribution in [1.82, 2.24) is 19.7 Å². The lowest BCUT2D eigenvalue weighted by molar-refractivity contribution is -0.129. The molecule has 0 fully saturated rings. The van der Waals surface area contributed by atoms with Gasteiger partial charge in [0.15, 0.2) is 11.0 Å². The van der Waals surface area contributed by atoms with Crippen molar-refractivity contribution in [3.8, 4) is 11.4 Å². The van der Waals surface area contributed by atoms with Crippen molar-refractivity contribution < 1.29 is 9.53 Å². The summed E-state index contributed by atoms with van der Waals surface area (Å²) >= 11 is 1.44. The molecule has 0 saturated carbocycles. The molecule has 0 aliphatic carbocycles. The second kappa shape index (κ2) is 9.45. The zero-order valence-electron chi connectivity index (χ0n) is 17.4. The third-order valence-corrected chi connectivity index (χ3v) is 6.27. The fourth-order valence-corrected chi connectivity index (χ4v) is 4.57. The minimum Gasteiger partial charge on any atom is -0.383 e. The molecule has 3 aromatic rings. The molecular formula is C23H26N4O2S. The average molecular weight is 423 g/mol. The molecule has 0 bridgehead atoms. The third-order valence-electron chi connectivity index (χ3n) is 5.32. The minimum absolute atomic E-state index is 0.132. The fourth-order valence-electron chi connectivity index (χ4n) is 3.70. The van der Waals surface area contributed by atoms with Gasteiger partial charge in [0.2, 0.25) is 5.91 Å². The molecule has 2 aromatic carbocycles. The number of fused-ring (bicyclic) bond motifs is 1. The van der Waals surface area contributed by atoms with Gasteiger partial charge < -0.3 is 9.64 Å². The lowest BCUT2D eigenvalue weighted by Crippen LogP contribution is -2.37. The van der Waals surface area contributed by atoms with Gasteiger partial charge in [0.1, 0.15) is 0 Å². The molecule has 0 spiro atoms. The number of methoxy groups -OCH3 is 1. The highest BCUT2D eigenvalue weighted by molar-refractivity contribution is 7.99. The maximum absolute atomic E-state index is 12.9. The molecule has 1 aliphatic heterocycles. The predicted molar refractivity (Wildman–Crippen MR) is 118 cm³/mol. The van der Waals surface area contributed by atoms with Crippen molar-refractivity contribution in [1.29, 1.82) is 0 Å². The molecule has 2 heterocycles. The number of benzene rings is 2. The van der Waals surface area contributed by atoms with E-state index in [4.69, 9.17) is 4.74 Å². The summed E-state index contributed by atoms with van der Waals surface area (Å²) in [5.41, 5.74) is 4.77. The van der Waals surface area contributed by atoms with Crippen LogP contribution < -0.4 is 0 Å². The number of thioether (sulfide) groups is 1. The molecule has 156 valence electrons. The number of carbonyl (C=O) groups excluding carboxylic acids is 1. The Kier molecular flexibility index (Phi) is 6.50. The van der Waals surface area contributed by atoms with Crippen molar-refractivity contribution in [3.63, 3.8) is 0 Å². The highest BCUT2D eigenvalue weighted by atomic mass is 32.2. The Morgan fingerprint density at radius 3 is 2.77 bits per heavy atom. The van der Waals surface area contributed by atoms with E-state index < -0.39 is 0 Å². The third kappa shape index (κ3) is 4.57. The quantitative estimate of drug-likeness (QED) is 0.545. The van der Waals surface area contributed by atoms with Gasteiger partial charge in [-0.15, -0.1) is 10.2 Å². The van der Waals surface area contributed by atoms with E-state index in [9.17, 15) is 4.79 Å². The summed E-state index contributed by atoms with van der Waals surface area (Å²) in [6, 6.07) is 16.6. The zero-order chi connectivity index (χ0) is 20.9. The number of rotatable bonds is 7. The predicted octanol–water partition coefficient (Wildman–Crippen LogP) is 3.58. The van der Waals surface area contributed by atoms with Crippen LogP contribution in [-0.4, -0.2) is 51.6 Å². The number of aryl methyl sites for hydroxylation is 1. The summed E-state index contributed by atoms with van der Waals surface area (Å²) in [4.78, 5) is 14.8. The molecule has 0 saturated heterocycles. The number of carbonyl (C=O) groups is 1. The molecule has 0 unspecified atom stereocenters. The number of nitrogens with zero attached hydrogens (tertiary/aromatic N) is 4. The number of ether oxygens (including phenoxy) is 1. The van der Waals surface area contributed by atoms with E-state index in [2.05, 4.69) is 47.5 Å². The van der Waals surface area contributed by atoms with E-state index in [1.54, 1.807) is 7.11 Å². The lowest BCUT2D eigenvalue weighted by atomic mass is 10.00. The Morgan fingerprint density at radius 2 is 1.97 bits per heavy atom. The van der Waals surface area contributed by atoms with Crippen LogP contribution in [0.5, 0.6) is 0 Å². The van der Waals surface area contributed by atoms with Crippen LogP contribution in [0.2, 0.25) is 0 Å². The molecule has 7 heteroatoms. The summed E-state index contributed by atoms with van der Waals surface area (Å²) < 4.78 is 7.32. The van der Waals surface area contributed by atoms with Gasteiger partial charge in [0.25, 0.3) is 0 Å². The van der Waals surface area contributed by atoms with Gasteiger partial charge in [0, 0.05) is 25.8 Å². The first-order valence-electron chi connectivity index (χ1n) is 10.1. The molecule has 30 heavy (non-hydrogen) atoms. The van der Waals surface area contributed by atoms with Crippen LogP contribution in [0.25, 0.3) is 11.4 Å². The molecule has 6 nitrogen and oxygen atoms in total. The lowest BCUT2D eigenvalue weighted by Gasteiger charge is -2.28. The van der Waals surface area contributed by atoms with Crippen molar-refractivity contribution >= 4 is 17.7 Å². The normalized spacial score (nSPS) is 13.3. The van der Waals surface area contributed by atoms with Crippen molar-refractivity contribution in [2.75, 3.05) is 26.0 Å². The summed E-state index contributed by atoms with van der Waals surface area (Å²) in [5, 5.41) is 9.53. The Hall–Kier alpha value is -2.64. The van der Waals surface area contributed by atoms with Crippen LogP contribution in [0.3, 0.4) is 0 Å². The van der Waals surface area contributed by atoms with Gasteiger partial charge in [-0.3, -0.25) is 9.36 Å². The first-order valence-corrected chi connectivity index (χ1v) is 11.1. The Balaban J connectivity index is 1.47. The van der Waals surface area contributed by atoms with Crippen molar-refractivity contribution in [3.05, 3.63) is 65.2 Å². The van der Waals surface area contributed by atoms with E-state index in [1.165, 1.54) is 28.5 Å². The maximum atomic E-state index is 12.9. The highest BCUT2D eigenvalue weighted by Crippen LogP contribution is 2.26. The summed E-state index contributed by atoms with van der Waals surface area (Å²) in [5.74, 6) is 1.28. The summed E-state index contributed by atoms with van der Waals surface area (Å²) in [6.07, 6.45) is 0.911. The fraction of sp³-hybridized carbons (Fsp3) is 0.348. The number of hydrogen-bond donors (Lipinski definition) is 0. The van der Waals surface area contributed by atoms with Gasteiger partial charge in [-0.2, -0.15) is 0 Å². The SMILES string of the molecule is COCCn1c(SCC(=O)N2CCc3ccccc3C2)nnc1-c1cccc(C)c1. The van der Waals surface area contributed by atoms with Crippen LogP contribution in [0.1, 0.15) is 16.7 Å². The smallest absolute Gasteiger partial charge is 0.233 e. The monoisotopic (exact) mass is 422 g/mol. The topological polar surface area (TPSA) is 60.2 Å². The van der Waals surface area contributed by atoms with Crippen LogP contribution in [-0.2, 0) is 29.0 Å². The zero-order valence-corrected chi connectivity index (χ0v) is 18.2. The number of aromatic nitrogens is 3. The van der Waals surface area contributed by atoms with Gasteiger partial charge in [-0.1, -0.05) is 59.8 Å². The van der Waals surface area contributed by atoms with Crippen LogP contribution in [0.4, 0.5) is 0 Å². The number of hydrogen-bond acceptors (Lipinski definition) is 5. The molecule has 4 rings (SSSR count). The summed E-state index contributed by atoms with van der Waals surface area (Å²) in [6.45, 7) is 4.70. The molecular weight excluding hydrogens is 396 g/mol. The largest absolute Gasteiger partial charge is 0.383 e. The Labute approximate surface area is 181 Å². The van der Waals surface area contributed by atoms with E-state index >= 15 is 0 Å². The maximum Gasteiger partial charge on any atom is 0.233 e. The first-order chi connectivity index (χ1) is 14.7. The first kappa shape index (κ1) is 20.6. The van der Waals surface area contributed by atoms with Gasteiger partial charge >= 0.3 is 0 Å². The van der Waals surface area contributed by atoms with Gasteiger partial charge in [-0.25, -0.2) is 0 Å². The highest BCUT2D eigenvalue weighted by Gasteiger charge is 2.22. The van der Waals surface area contributed by atoms with E-state index in [1.807, 2.05) is 27.7 Å². The molecule has 1 amide bonds. The second-order valence-corrected chi connectivity index (χ2v) is 8.39. The van der Waals surface area contributed by atoms with Crippen molar-refractivity contribution in [2.24, 2.45) is 0 Å². The average Bonchev–Trinajstić information content (AvgIpc) is 3.18. The Bertz CT molecular complexity index is 1030. The number of amides is 1. The van der Waals surface area contributed by atoms with E-state index in [0.29, 0.717) is 25.4 Å². The standard InChI is InChI=1S/C23H26N4O2S/c1-17-6-5-9-19(14-17)22-24-25-23(27(22)12-13-29-2)30-16-21(28)26-11-10-18-7-3-4-8-20(18)15-26/h3-9,14H,10-13,15-16H2,1-2H3. The van der Waals surface area contributed by atoms with Gasteiger partial charge in [-0.05, 0) is 30.5 Å². The van der Waals surface area contributed by atoms with Gasteiger partial charge in [0.05, 0.1) is 18.9 Å². The van der Waals surface area contributed by atoms with E-state index in [-0.39, 0.29) is 5.91 Å². The molecule has 0 N–H and O–H groups in total. The molecule has 0 radical (unpaired) electrons. The van der Waals surface area contributed by atoms with E-state index in [0.717, 1.165) is 29.5 Å². The van der Waals surface area contributed by atoms with Crippen LogP contribution in [0, 0.1) is 6.92 Å². The minimum atomic E-state index is 0.132. The molecule has 1 aromatic heterocycles. The van der Waals surface area contributed by atoms with Crippen LogP contribution in [0.15, 0.2) is 53.7 Å². The van der Waals surface area contributed by atoms with Crippen LogP contribution >= 0.6 is 11.8 Å². The second-order valence-electron chi connectivity index (χ2n) is 7.44.